The van der Waals surface area contributed by atoms with Gasteiger partial charge in [-0.05, 0) is 6.92 Å². The molecule has 0 saturated carbocycles. The van der Waals surface area contributed by atoms with Gasteiger partial charge in [-0.1, -0.05) is 30.3 Å². The second-order valence-electron chi connectivity index (χ2n) is 8.42. The van der Waals surface area contributed by atoms with E-state index in [4.69, 9.17) is 28.5 Å². The number of hydrogen-bond donors (Lipinski definition) is 1. The molecule has 3 heterocycles. The summed E-state index contributed by atoms with van der Waals surface area (Å²) < 4.78 is 29.5. The molecule has 3 aliphatic rings. The number of benzene rings is 1. The highest BCUT2D eigenvalue weighted by Crippen LogP contribution is 2.36. The fourth-order valence-corrected chi connectivity index (χ4v) is 4.22. The number of fused-ring (bicyclic) bond motifs is 1. The molecule has 1 N–H and O–H groups in total. The lowest BCUT2D eigenvalue weighted by molar-refractivity contribution is -0.348. The predicted molar refractivity (Wildman–Crippen MR) is 115 cm³/mol. The van der Waals surface area contributed by atoms with Gasteiger partial charge in [-0.15, -0.1) is 5.06 Å². The van der Waals surface area contributed by atoms with Gasteiger partial charge < -0.3 is 33.8 Å². The molecule has 0 aliphatic carbocycles. The van der Waals surface area contributed by atoms with Crippen LogP contribution >= 0.6 is 0 Å². The molecule has 35 heavy (non-hydrogen) atoms. The Morgan fingerprint density at radius 3 is 2.43 bits per heavy atom. The number of ether oxygens (including phenoxy) is 5. The molecular formula is C23H28N2O10. The van der Waals surface area contributed by atoms with E-state index in [0.717, 1.165) is 5.56 Å². The van der Waals surface area contributed by atoms with Crippen LogP contribution in [0.15, 0.2) is 30.3 Å². The predicted octanol–water partition coefficient (Wildman–Crippen LogP) is 0.358. The van der Waals surface area contributed by atoms with Gasteiger partial charge >= 0.3 is 5.97 Å². The van der Waals surface area contributed by atoms with Crippen LogP contribution in [0, 0.1) is 0 Å². The van der Waals surface area contributed by atoms with Gasteiger partial charge in [0, 0.05) is 32.4 Å². The van der Waals surface area contributed by atoms with Crippen LogP contribution in [0.25, 0.3) is 0 Å². The van der Waals surface area contributed by atoms with E-state index < -0.39 is 60.8 Å². The molecular weight excluding hydrogens is 464 g/mol. The summed E-state index contributed by atoms with van der Waals surface area (Å²) in [6.07, 6.45) is -5.25. The molecule has 12 nitrogen and oxygen atoms in total. The van der Waals surface area contributed by atoms with E-state index in [1.165, 1.54) is 21.0 Å². The normalized spacial score (nSPS) is 31.6. The first-order chi connectivity index (χ1) is 16.8. The van der Waals surface area contributed by atoms with Gasteiger partial charge in [0.15, 0.2) is 18.7 Å². The molecule has 3 aliphatic heterocycles. The third-order valence-electron chi connectivity index (χ3n) is 5.89. The van der Waals surface area contributed by atoms with E-state index in [0.29, 0.717) is 5.06 Å². The fourth-order valence-electron chi connectivity index (χ4n) is 4.22. The van der Waals surface area contributed by atoms with Crippen LogP contribution in [0.1, 0.15) is 38.5 Å². The molecule has 0 spiro atoms. The number of nitrogens with one attached hydrogen (secondary N) is 1. The average molecular weight is 492 g/mol. The number of methoxy groups -OCH3 is 1. The highest BCUT2D eigenvalue weighted by atomic mass is 16.8. The lowest BCUT2D eigenvalue weighted by Crippen LogP contribution is -2.67. The maximum absolute atomic E-state index is 12.7. The van der Waals surface area contributed by atoms with Crippen molar-refractivity contribution >= 4 is 23.7 Å². The Morgan fingerprint density at radius 2 is 1.80 bits per heavy atom. The van der Waals surface area contributed by atoms with Crippen molar-refractivity contribution < 1.29 is 47.7 Å². The summed E-state index contributed by atoms with van der Waals surface area (Å²) >= 11 is 0. The molecule has 12 heteroatoms. The fraction of sp³-hybridized carbons (Fsp3) is 0.565. The van der Waals surface area contributed by atoms with Gasteiger partial charge in [-0.25, -0.2) is 4.79 Å². The largest absolute Gasteiger partial charge is 0.361 e. The summed E-state index contributed by atoms with van der Waals surface area (Å²) in [5.41, 5.74) is 0.771. The average Bonchev–Trinajstić information content (AvgIpc) is 3.17. The molecule has 0 bridgehead atoms. The number of amides is 3. The number of hydrogen-bond acceptors (Lipinski definition) is 10. The summed E-state index contributed by atoms with van der Waals surface area (Å²) in [6.45, 7) is 2.89. The molecule has 0 aromatic heterocycles. The first-order valence-corrected chi connectivity index (χ1v) is 11.3. The Bertz CT molecular complexity index is 941. The molecule has 1 aromatic rings. The van der Waals surface area contributed by atoms with Crippen molar-refractivity contribution in [2.24, 2.45) is 0 Å². The smallest absolute Gasteiger partial charge is 0.358 e. The topological polar surface area (TPSA) is 139 Å². The van der Waals surface area contributed by atoms with Gasteiger partial charge in [0.25, 0.3) is 11.8 Å². The summed E-state index contributed by atoms with van der Waals surface area (Å²) in [5, 5.41) is 3.20. The third-order valence-corrected chi connectivity index (χ3v) is 5.89. The number of nitrogens with zero attached hydrogens (tertiary/aromatic N) is 1. The van der Waals surface area contributed by atoms with Crippen molar-refractivity contribution in [3.05, 3.63) is 35.9 Å². The minimum Gasteiger partial charge on any atom is -0.358 e. The van der Waals surface area contributed by atoms with Crippen LogP contribution < -0.4 is 5.32 Å². The van der Waals surface area contributed by atoms with Crippen molar-refractivity contribution in [2.75, 3.05) is 13.7 Å². The van der Waals surface area contributed by atoms with Crippen molar-refractivity contribution in [2.45, 2.75) is 69.7 Å². The Labute approximate surface area is 201 Å². The maximum atomic E-state index is 12.7. The van der Waals surface area contributed by atoms with E-state index in [1.807, 2.05) is 30.3 Å². The van der Waals surface area contributed by atoms with Gasteiger partial charge in [0.05, 0.1) is 6.61 Å². The Kier molecular flexibility index (Phi) is 7.77. The van der Waals surface area contributed by atoms with Crippen molar-refractivity contribution in [3.63, 3.8) is 0 Å². The van der Waals surface area contributed by atoms with E-state index >= 15 is 0 Å². The number of carbonyl (C=O) groups is 4. The van der Waals surface area contributed by atoms with Crippen LogP contribution in [0.5, 0.6) is 0 Å². The molecule has 1 aromatic carbocycles. The monoisotopic (exact) mass is 492 g/mol. The number of hydroxylamine groups is 2. The maximum Gasteiger partial charge on any atom is 0.361 e. The molecule has 0 radical (unpaired) electrons. The number of carbonyl (C=O) groups excluding carboxylic acids is 4. The lowest BCUT2D eigenvalue weighted by Gasteiger charge is -2.49. The number of rotatable bonds is 7. The second-order valence-corrected chi connectivity index (χ2v) is 8.42. The van der Waals surface area contributed by atoms with E-state index in [2.05, 4.69) is 5.32 Å². The molecule has 4 rings (SSSR count). The van der Waals surface area contributed by atoms with Gasteiger partial charge in [-0.3, -0.25) is 14.4 Å². The van der Waals surface area contributed by atoms with Crippen LogP contribution in [-0.2, 0) is 47.7 Å². The number of imide groups is 1. The minimum atomic E-state index is -1.23. The molecule has 3 fully saturated rings. The van der Waals surface area contributed by atoms with Crippen molar-refractivity contribution in [3.8, 4) is 0 Å². The van der Waals surface area contributed by atoms with Gasteiger partial charge in [0.1, 0.15) is 24.4 Å². The Morgan fingerprint density at radius 1 is 1.11 bits per heavy atom. The van der Waals surface area contributed by atoms with Crippen LogP contribution in [-0.4, -0.2) is 79.2 Å². The van der Waals surface area contributed by atoms with E-state index in [-0.39, 0.29) is 25.4 Å². The van der Waals surface area contributed by atoms with Crippen molar-refractivity contribution in [1.82, 2.24) is 10.4 Å². The van der Waals surface area contributed by atoms with E-state index in [1.54, 1.807) is 0 Å². The lowest BCUT2D eigenvalue weighted by atomic mass is 9.95. The van der Waals surface area contributed by atoms with Gasteiger partial charge in [0.2, 0.25) is 5.91 Å². The highest BCUT2D eigenvalue weighted by molar-refractivity contribution is 6.01. The third kappa shape index (κ3) is 5.52. The van der Waals surface area contributed by atoms with Crippen molar-refractivity contribution in [1.29, 1.82) is 0 Å². The molecule has 4 unspecified atom stereocenters. The van der Waals surface area contributed by atoms with Crippen LogP contribution in [0.2, 0.25) is 0 Å². The summed E-state index contributed by atoms with van der Waals surface area (Å²) in [7, 11) is 1.41. The summed E-state index contributed by atoms with van der Waals surface area (Å²) in [4.78, 5) is 53.3. The Balaban J connectivity index is 1.55. The second kappa shape index (κ2) is 10.8. The van der Waals surface area contributed by atoms with Gasteiger partial charge in [-0.2, -0.15) is 0 Å². The minimum absolute atomic E-state index is 0.0279. The SMILES string of the molecule is CO[C@@H]1OC2COC(c3ccccc3)O[C@H]2C(O[C@H](C)C(=O)ON2C(=O)CCC2=O)C1NC(C)=O. The first-order valence-electron chi connectivity index (χ1n) is 11.3. The van der Waals surface area contributed by atoms with Crippen LogP contribution in [0.4, 0.5) is 0 Å². The van der Waals surface area contributed by atoms with Crippen LogP contribution in [0.3, 0.4) is 0 Å². The first kappa shape index (κ1) is 25.2. The molecule has 3 saturated heterocycles. The molecule has 7 atom stereocenters. The van der Waals surface area contributed by atoms with E-state index in [9.17, 15) is 19.2 Å². The zero-order chi connectivity index (χ0) is 25.1. The zero-order valence-corrected chi connectivity index (χ0v) is 19.6. The standard InChI is InChI=1S/C23H28N2O10/c1-12(21(29)35-25-16(27)9-10-17(25)28)32-20-18(24-13(2)26)23(30-3)33-15-11-31-22(34-19(15)20)14-7-5-4-6-8-14/h4-8,12,15,18-20,22-23H,9-11H2,1-3H3,(H,24,26)/t12-,15?,18?,19-,20?,22?,23-/m1/s1. The Hall–Kier alpha value is -2.90. The highest BCUT2D eigenvalue weighted by Gasteiger charge is 2.52. The zero-order valence-electron chi connectivity index (χ0n) is 19.6. The summed E-state index contributed by atoms with van der Waals surface area (Å²) in [6, 6.07) is 8.40. The molecule has 3 amide bonds. The molecule has 190 valence electrons. The summed E-state index contributed by atoms with van der Waals surface area (Å²) in [5.74, 6) is -2.52. The quantitative estimate of drug-likeness (QED) is 0.531.